The molecule has 2 aliphatic rings. The molecule has 0 aliphatic carbocycles. The second kappa shape index (κ2) is 7.15. The second-order valence-corrected chi connectivity index (χ2v) is 7.17. The number of likely N-dealkylation sites (tertiary alicyclic amines) is 1. The van der Waals surface area contributed by atoms with Crippen molar-refractivity contribution < 1.29 is 4.79 Å². The Morgan fingerprint density at radius 2 is 2.09 bits per heavy atom. The topological polar surface area (TPSA) is 54.3 Å². The van der Waals surface area contributed by atoms with Gasteiger partial charge in [-0.2, -0.15) is 0 Å². The number of rotatable bonds is 3. The number of aryl methyl sites for hydroxylation is 1. The molecule has 3 heterocycles. The van der Waals surface area contributed by atoms with Crippen LogP contribution in [0.3, 0.4) is 0 Å². The van der Waals surface area contributed by atoms with Gasteiger partial charge in [-0.05, 0) is 38.1 Å². The van der Waals surface area contributed by atoms with Crippen LogP contribution < -0.4 is 10.2 Å². The molecule has 1 amide bonds. The molecule has 0 bridgehead atoms. The van der Waals surface area contributed by atoms with E-state index >= 15 is 0 Å². The number of aromatic nitrogens is 1. The van der Waals surface area contributed by atoms with E-state index in [1.54, 1.807) is 4.57 Å². The molecule has 5 nitrogen and oxygen atoms in total. The minimum Gasteiger partial charge on any atom is -0.343 e. The lowest BCUT2D eigenvalue weighted by atomic mass is 9.78. The summed E-state index contributed by atoms with van der Waals surface area (Å²) in [5.74, 6) is 0.188. The predicted octanol–water partition coefficient (Wildman–Crippen LogP) is 1.63. The molecule has 0 saturated carbocycles. The highest BCUT2D eigenvalue weighted by molar-refractivity contribution is 7.07. The van der Waals surface area contributed by atoms with Gasteiger partial charge in [0, 0.05) is 43.7 Å². The van der Waals surface area contributed by atoms with E-state index in [0.29, 0.717) is 18.4 Å². The minimum absolute atomic E-state index is 0. The summed E-state index contributed by atoms with van der Waals surface area (Å²) in [6.45, 7) is 6.40. The number of carbonyl (C=O) groups is 1. The van der Waals surface area contributed by atoms with Gasteiger partial charge in [0.05, 0.1) is 0 Å². The van der Waals surface area contributed by atoms with Crippen molar-refractivity contribution >= 4 is 29.7 Å². The molecule has 0 atom stereocenters. The second-order valence-electron chi connectivity index (χ2n) is 6.35. The summed E-state index contributed by atoms with van der Waals surface area (Å²) in [7, 11) is 0. The van der Waals surface area contributed by atoms with Gasteiger partial charge in [0.2, 0.25) is 5.91 Å². The van der Waals surface area contributed by atoms with Crippen molar-refractivity contribution in [3.63, 3.8) is 0 Å². The minimum atomic E-state index is 0. The number of thiazole rings is 1. The SMILES string of the molecule is Cc1csc(=O)n1CCC(=O)N1CCC2(CCNC2)CC1.Cl. The molecule has 2 fully saturated rings. The summed E-state index contributed by atoms with van der Waals surface area (Å²) in [4.78, 5) is 26.0. The highest BCUT2D eigenvalue weighted by Crippen LogP contribution is 2.36. The average Bonchev–Trinajstić information content (AvgIpc) is 3.06. The first-order valence-electron chi connectivity index (χ1n) is 7.73. The lowest BCUT2D eigenvalue weighted by Crippen LogP contribution is -2.44. The van der Waals surface area contributed by atoms with Crippen LogP contribution in [0, 0.1) is 12.3 Å². The van der Waals surface area contributed by atoms with Crippen LogP contribution in [0.5, 0.6) is 0 Å². The van der Waals surface area contributed by atoms with E-state index in [1.165, 1.54) is 17.8 Å². The molecule has 1 aromatic rings. The Morgan fingerprint density at radius 1 is 1.36 bits per heavy atom. The van der Waals surface area contributed by atoms with Gasteiger partial charge in [0.15, 0.2) is 0 Å². The van der Waals surface area contributed by atoms with Crippen LogP contribution in [-0.4, -0.2) is 41.6 Å². The van der Waals surface area contributed by atoms with E-state index in [4.69, 9.17) is 0 Å². The highest BCUT2D eigenvalue weighted by Gasteiger charge is 2.37. The Balaban J connectivity index is 0.00000176. The number of halogens is 1. The highest BCUT2D eigenvalue weighted by atomic mass is 35.5. The summed E-state index contributed by atoms with van der Waals surface area (Å²) >= 11 is 1.21. The number of nitrogens with one attached hydrogen (secondary N) is 1. The summed E-state index contributed by atoms with van der Waals surface area (Å²) < 4.78 is 1.70. The quantitative estimate of drug-likeness (QED) is 0.906. The Labute approximate surface area is 141 Å². The monoisotopic (exact) mass is 345 g/mol. The fourth-order valence-corrected chi connectivity index (χ4v) is 4.25. The predicted molar refractivity (Wildman–Crippen MR) is 90.9 cm³/mol. The van der Waals surface area contributed by atoms with Crippen LogP contribution in [0.4, 0.5) is 0 Å². The van der Waals surface area contributed by atoms with Crippen LogP contribution in [-0.2, 0) is 11.3 Å². The number of carbonyl (C=O) groups excluding carboxylic acids is 1. The first-order valence-corrected chi connectivity index (χ1v) is 8.61. The van der Waals surface area contributed by atoms with Gasteiger partial charge < -0.3 is 14.8 Å². The smallest absolute Gasteiger partial charge is 0.307 e. The maximum absolute atomic E-state index is 12.3. The summed E-state index contributed by atoms with van der Waals surface area (Å²) in [6, 6.07) is 0. The Morgan fingerprint density at radius 3 is 2.64 bits per heavy atom. The van der Waals surface area contributed by atoms with E-state index in [2.05, 4.69) is 5.32 Å². The molecular formula is C15H24ClN3O2S. The summed E-state index contributed by atoms with van der Waals surface area (Å²) in [5, 5.41) is 5.29. The molecule has 0 unspecified atom stereocenters. The molecule has 0 aromatic carbocycles. The van der Waals surface area contributed by atoms with Crippen LogP contribution in [0.2, 0.25) is 0 Å². The molecule has 0 radical (unpaired) electrons. The number of piperidine rings is 1. The Kier molecular flexibility index (Phi) is 5.69. The molecule has 1 N–H and O–H groups in total. The Hall–Kier alpha value is -0.850. The summed E-state index contributed by atoms with van der Waals surface area (Å²) in [5.41, 5.74) is 1.39. The molecule has 7 heteroatoms. The molecule has 2 saturated heterocycles. The van der Waals surface area contributed by atoms with Crippen molar-refractivity contribution in [2.24, 2.45) is 5.41 Å². The van der Waals surface area contributed by atoms with Gasteiger partial charge in [-0.1, -0.05) is 11.3 Å². The number of hydrogen-bond donors (Lipinski definition) is 1. The zero-order valence-corrected chi connectivity index (χ0v) is 14.6. The van der Waals surface area contributed by atoms with Crippen LogP contribution in [0.25, 0.3) is 0 Å². The zero-order valence-electron chi connectivity index (χ0n) is 13.0. The largest absolute Gasteiger partial charge is 0.343 e. The van der Waals surface area contributed by atoms with Gasteiger partial charge in [-0.25, -0.2) is 0 Å². The average molecular weight is 346 g/mol. The van der Waals surface area contributed by atoms with Crippen molar-refractivity contribution in [3.8, 4) is 0 Å². The summed E-state index contributed by atoms with van der Waals surface area (Å²) in [6.07, 6.45) is 3.91. The van der Waals surface area contributed by atoms with Crippen molar-refractivity contribution in [2.45, 2.75) is 39.2 Å². The molecule has 124 valence electrons. The van der Waals surface area contributed by atoms with Gasteiger partial charge >= 0.3 is 4.87 Å². The normalized spacial score (nSPS) is 20.1. The van der Waals surface area contributed by atoms with Gasteiger partial charge in [-0.15, -0.1) is 12.4 Å². The fourth-order valence-electron chi connectivity index (χ4n) is 3.49. The molecule has 2 aliphatic heterocycles. The third kappa shape index (κ3) is 3.55. The van der Waals surface area contributed by atoms with Crippen molar-refractivity contribution in [1.82, 2.24) is 14.8 Å². The number of nitrogens with zero attached hydrogens (tertiary/aromatic N) is 2. The zero-order chi connectivity index (χ0) is 14.9. The maximum Gasteiger partial charge on any atom is 0.307 e. The fraction of sp³-hybridized carbons (Fsp3) is 0.733. The van der Waals surface area contributed by atoms with E-state index in [9.17, 15) is 9.59 Å². The van der Waals surface area contributed by atoms with Crippen molar-refractivity contribution in [2.75, 3.05) is 26.2 Å². The number of hydrogen-bond acceptors (Lipinski definition) is 4. The molecule has 22 heavy (non-hydrogen) atoms. The lowest BCUT2D eigenvalue weighted by Gasteiger charge is -2.39. The maximum atomic E-state index is 12.3. The Bertz CT molecular complexity index is 568. The third-order valence-corrected chi connectivity index (χ3v) is 5.92. The van der Waals surface area contributed by atoms with Crippen molar-refractivity contribution in [3.05, 3.63) is 20.7 Å². The van der Waals surface area contributed by atoms with Crippen LogP contribution >= 0.6 is 23.7 Å². The molecular weight excluding hydrogens is 322 g/mol. The van der Waals surface area contributed by atoms with Crippen LogP contribution in [0.15, 0.2) is 10.2 Å². The van der Waals surface area contributed by atoms with Crippen molar-refractivity contribution in [1.29, 1.82) is 0 Å². The lowest BCUT2D eigenvalue weighted by molar-refractivity contribution is -0.133. The van der Waals surface area contributed by atoms with E-state index in [1.807, 2.05) is 17.2 Å². The first kappa shape index (κ1) is 17.5. The number of amides is 1. The van der Waals surface area contributed by atoms with E-state index in [-0.39, 0.29) is 23.2 Å². The standard InChI is InChI=1S/C15H23N3O2S.ClH/c1-12-10-21-14(20)18(12)7-2-13(19)17-8-4-15(5-9-17)3-6-16-11-15;/h10,16H,2-9,11H2,1H3;1H. The van der Waals surface area contributed by atoms with E-state index in [0.717, 1.165) is 44.7 Å². The van der Waals surface area contributed by atoms with Gasteiger partial charge in [-0.3, -0.25) is 9.59 Å². The van der Waals surface area contributed by atoms with Crippen LogP contribution in [0.1, 0.15) is 31.4 Å². The van der Waals surface area contributed by atoms with Gasteiger partial charge in [0.1, 0.15) is 0 Å². The molecule has 1 spiro atoms. The van der Waals surface area contributed by atoms with Gasteiger partial charge in [0.25, 0.3) is 0 Å². The third-order valence-electron chi connectivity index (χ3n) is 5.03. The van der Waals surface area contributed by atoms with E-state index < -0.39 is 0 Å². The molecule has 1 aromatic heterocycles. The molecule has 3 rings (SSSR count). The first-order chi connectivity index (χ1) is 10.1.